The maximum atomic E-state index is 10.8. The number of aromatic nitrogens is 1. The normalized spacial score (nSPS) is 13.9. The van der Waals surface area contributed by atoms with E-state index in [0.29, 0.717) is 19.8 Å². The summed E-state index contributed by atoms with van der Waals surface area (Å²) < 4.78 is 7.50. The molecule has 3 aromatic carbocycles. The van der Waals surface area contributed by atoms with Crippen LogP contribution in [0.3, 0.4) is 0 Å². The number of carboxylic acids is 1. The molecule has 2 N–H and O–H groups in total. The first-order chi connectivity index (χ1) is 18.4. The minimum Gasteiger partial charge on any atom is -0.481 e. The van der Waals surface area contributed by atoms with Gasteiger partial charge in [-0.25, -0.2) is 4.98 Å². The SMILES string of the molecule is CCCC(c1ccc(C(C)NCCC(=O)O)cc1)C(COCc1nc2ccccc2s1)c1ccc(Cl)cc1. The largest absolute Gasteiger partial charge is 0.481 e. The van der Waals surface area contributed by atoms with Crippen LogP contribution in [0.5, 0.6) is 0 Å². The summed E-state index contributed by atoms with van der Waals surface area (Å²) in [7, 11) is 0. The van der Waals surface area contributed by atoms with Gasteiger partial charge in [-0.3, -0.25) is 4.79 Å². The van der Waals surface area contributed by atoms with Crippen molar-refractivity contribution in [2.75, 3.05) is 13.2 Å². The van der Waals surface area contributed by atoms with Crippen LogP contribution in [0.1, 0.15) is 72.7 Å². The van der Waals surface area contributed by atoms with Crippen molar-refractivity contribution in [2.45, 2.75) is 57.6 Å². The lowest BCUT2D eigenvalue weighted by atomic mass is 9.79. The van der Waals surface area contributed by atoms with Crippen LogP contribution < -0.4 is 5.32 Å². The molecule has 0 saturated carbocycles. The molecule has 0 aliphatic heterocycles. The van der Waals surface area contributed by atoms with Crippen molar-refractivity contribution in [2.24, 2.45) is 0 Å². The highest BCUT2D eigenvalue weighted by molar-refractivity contribution is 7.18. The summed E-state index contributed by atoms with van der Waals surface area (Å²) >= 11 is 7.90. The second kappa shape index (κ2) is 13.9. The number of fused-ring (bicyclic) bond motifs is 1. The third-order valence-corrected chi connectivity index (χ3v) is 8.16. The topological polar surface area (TPSA) is 71.5 Å². The van der Waals surface area contributed by atoms with Crippen molar-refractivity contribution >= 4 is 39.1 Å². The van der Waals surface area contributed by atoms with Crippen LogP contribution in [0.15, 0.2) is 72.8 Å². The summed E-state index contributed by atoms with van der Waals surface area (Å²) in [5, 5.41) is 13.9. The Kier molecular flexibility index (Phi) is 10.3. The summed E-state index contributed by atoms with van der Waals surface area (Å²) in [6.07, 6.45) is 2.20. The Morgan fingerprint density at radius 1 is 1.00 bits per heavy atom. The Morgan fingerprint density at radius 2 is 1.66 bits per heavy atom. The smallest absolute Gasteiger partial charge is 0.304 e. The fourth-order valence-corrected chi connectivity index (χ4v) is 5.90. The first kappa shape index (κ1) is 28.2. The fraction of sp³-hybridized carbons (Fsp3) is 0.355. The molecule has 0 saturated heterocycles. The molecule has 0 fully saturated rings. The summed E-state index contributed by atoms with van der Waals surface area (Å²) in [5.74, 6) is -0.347. The number of nitrogens with zero attached hydrogens (tertiary/aromatic N) is 1. The van der Waals surface area contributed by atoms with E-state index in [9.17, 15) is 4.79 Å². The zero-order valence-corrected chi connectivity index (χ0v) is 23.5. The van der Waals surface area contributed by atoms with Crippen molar-refractivity contribution in [3.05, 3.63) is 99.5 Å². The highest BCUT2D eigenvalue weighted by Gasteiger charge is 2.25. The van der Waals surface area contributed by atoms with Crippen molar-refractivity contribution in [3.8, 4) is 0 Å². The molecule has 5 nitrogen and oxygen atoms in total. The molecule has 38 heavy (non-hydrogen) atoms. The quantitative estimate of drug-likeness (QED) is 0.167. The average molecular weight is 551 g/mol. The van der Waals surface area contributed by atoms with Crippen molar-refractivity contribution in [1.82, 2.24) is 10.3 Å². The van der Waals surface area contributed by atoms with Gasteiger partial charge in [0.25, 0.3) is 0 Å². The first-order valence-corrected chi connectivity index (χ1v) is 14.4. The van der Waals surface area contributed by atoms with Crippen LogP contribution in [-0.2, 0) is 16.1 Å². The molecular weight excluding hydrogens is 516 g/mol. The van der Waals surface area contributed by atoms with E-state index in [4.69, 9.17) is 26.4 Å². The molecule has 1 heterocycles. The van der Waals surface area contributed by atoms with Gasteiger partial charge in [0.1, 0.15) is 5.01 Å². The maximum Gasteiger partial charge on any atom is 0.304 e. The number of para-hydroxylation sites is 1. The van der Waals surface area contributed by atoms with E-state index < -0.39 is 5.97 Å². The van der Waals surface area contributed by atoms with Gasteiger partial charge in [-0.05, 0) is 60.2 Å². The van der Waals surface area contributed by atoms with Crippen molar-refractivity contribution in [3.63, 3.8) is 0 Å². The van der Waals surface area contributed by atoms with Crippen LogP contribution in [0.2, 0.25) is 5.02 Å². The average Bonchev–Trinajstić information content (AvgIpc) is 3.33. The van der Waals surface area contributed by atoms with Crippen molar-refractivity contribution in [1.29, 1.82) is 0 Å². The first-order valence-electron chi connectivity index (χ1n) is 13.2. The molecule has 4 rings (SSSR count). The van der Waals surface area contributed by atoms with Gasteiger partial charge in [0.15, 0.2) is 0 Å². The third-order valence-electron chi connectivity index (χ3n) is 6.90. The number of hydrogen-bond acceptors (Lipinski definition) is 5. The van der Waals surface area contributed by atoms with E-state index in [2.05, 4.69) is 61.6 Å². The van der Waals surface area contributed by atoms with Crippen LogP contribution in [0, 0.1) is 0 Å². The molecule has 3 atom stereocenters. The van der Waals surface area contributed by atoms with Gasteiger partial charge >= 0.3 is 5.97 Å². The second-order valence-corrected chi connectivity index (χ2v) is 11.2. The van der Waals surface area contributed by atoms with E-state index in [1.165, 1.54) is 15.8 Å². The number of nitrogens with one attached hydrogen (secondary N) is 1. The van der Waals surface area contributed by atoms with Gasteiger partial charge in [-0.2, -0.15) is 0 Å². The van der Waals surface area contributed by atoms with Gasteiger partial charge < -0.3 is 15.2 Å². The maximum absolute atomic E-state index is 10.8. The Labute approximate surface area is 233 Å². The molecule has 0 spiro atoms. The fourth-order valence-electron chi connectivity index (χ4n) is 4.87. The molecule has 0 aliphatic carbocycles. The summed E-state index contributed by atoms with van der Waals surface area (Å²) in [5.41, 5.74) is 4.65. The van der Waals surface area contributed by atoms with Crippen LogP contribution in [0.4, 0.5) is 0 Å². The van der Waals surface area contributed by atoms with Gasteiger partial charge in [-0.15, -0.1) is 11.3 Å². The Hall–Kier alpha value is -2.77. The zero-order valence-electron chi connectivity index (χ0n) is 21.9. The van der Waals surface area contributed by atoms with Crippen LogP contribution in [-0.4, -0.2) is 29.2 Å². The highest BCUT2D eigenvalue weighted by atomic mass is 35.5. The van der Waals surface area contributed by atoms with Gasteiger partial charge in [0, 0.05) is 23.5 Å². The van der Waals surface area contributed by atoms with Crippen molar-refractivity contribution < 1.29 is 14.6 Å². The second-order valence-electron chi connectivity index (χ2n) is 9.63. The molecule has 200 valence electrons. The number of benzene rings is 3. The van der Waals surface area contributed by atoms with Gasteiger partial charge in [-0.1, -0.05) is 73.5 Å². The van der Waals surface area contributed by atoms with Crippen LogP contribution in [0.25, 0.3) is 10.2 Å². The predicted molar refractivity (Wildman–Crippen MR) is 156 cm³/mol. The predicted octanol–water partition coefficient (Wildman–Crippen LogP) is 7.96. The molecule has 7 heteroatoms. The van der Waals surface area contributed by atoms with Crippen LogP contribution >= 0.6 is 22.9 Å². The molecule has 1 aromatic heterocycles. The number of aliphatic carboxylic acids is 1. The summed E-state index contributed by atoms with van der Waals surface area (Å²) in [6.45, 7) is 5.79. The van der Waals surface area contributed by atoms with E-state index >= 15 is 0 Å². The number of rotatable bonds is 14. The molecule has 4 aromatic rings. The number of hydrogen-bond donors (Lipinski definition) is 2. The van der Waals surface area contributed by atoms with Gasteiger partial charge in [0.05, 0.1) is 29.9 Å². The van der Waals surface area contributed by atoms with Gasteiger partial charge in [0.2, 0.25) is 0 Å². The number of halogens is 1. The Morgan fingerprint density at radius 3 is 2.34 bits per heavy atom. The van der Waals surface area contributed by atoms with E-state index in [1.54, 1.807) is 11.3 Å². The Bertz CT molecular complexity index is 1270. The lowest BCUT2D eigenvalue weighted by Gasteiger charge is -2.28. The summed E-state index contributed by atoms with van der Waals surface area (Å²) in [6, 6.07) is 25.1. The number of carboxylic acid groups (broad SMARTS) is 1. The minimum absolute atomic E-state index is 0.0808. The number of carbonyl (C=O) groups is 1. The number of ether oxygens (including phenoxy) is 1. The lowest BCUT2D eigenvalue weighted by Crippen LogP contribution is -2.22. The number of thiazole rings is 1. The Balaban J connectivity index is 1.51. The molecule has 0 bridgehead atoms. The highest BCUT2D eigenvalue weighted by Crippen LogP contribution is 2.38. The molecule has 0 amide bonds. The zero-order chi connectivity index (χ0) is 26.9. The monoisotopic (exact) mass is 550 g/mol. The summed E-state index contributed by atoms with van der Waals surface area (Å²) in [4.78, 5) is 15.6. The van der Waals surface area contributed by atoms with E-state index in [-0.39, 0.29) is 24.3 Å². The molecule has 0 radical (unpaired) electrons. The standard InChI is InChI=1S/C31H35ClN2O3S/c1-3-6-26(23-11-9-22(10-12-23)21(2)33-18-17-31(35)36)27(24-13-15-25(32)16-14-24)19-37-20-30-34-28-7-4-5-8-29(28)38-30/h4-5,7-16,21,26-27,33H,3,6,17-20H2,1-2H3,(H,35,36). The van der Waals surface area contributed by atoms with E-state index in [0.717, 1.165) is 34.0 Å². The third kappa shape index (κ3) is 7.64. The minimum atomic E-state index is -0.791. The molecular formula is C31H35ClN2O3S. The molecule has 3 unspecified atom stereocenters. The lowest BCUT2D eigenvalue weighted by molar-refractivity contribution is -0.136. The van der Waals surface area contributed by atoms with E-state index in [1.807, 2.05) is 30.3 Å². The molecule has 0 aliphatic rings.